The third-order valence-corrected chi connectivity index (χ3v) is 3.55. The van der Waals surface area contributed by atoms with Crippen LogP contribution >= 0.6 is 0 Å². The van der Waals surface area contributed by atoms with Gasteiger partial charge in [-0.15, -0.1) is 0 Å². The summed E-state index contributed by atoms with van der Waals surface area (Å²) in [5, 5.41) is 3.16. The van der Waals surface area contributed by atoms with Gasteiger partial charge in [-0.1, -0.05) is 0 Å². The summed E-state index contributed by atoms with van der Waals surface area (Å²) in [4.78, 5) is 11.0. The van der Waals surface area contributed by atoms with Crippen LogP contribution in [0.3, 0.4) is 0 Å². The fourth-order valence-corrected chi connectivity index (χ4v) is 2.52. The molecule has 0 spiro atoms. The number of ether oxygens (including phenoxy) is 1. The first-order chi connectivity index (χ1) is 7.53. The molecule has 1 heterocycles. The van der Waals surface area contributed by atoms with E-state index in [1.54, 1.807) is 6.92 Å². The molecule has 1 unspecified atom stereocenters. The van der Waals surface area contributed by atoms with E-state index in [2.05, 4.69) is 14.8 Å². The minimum Gasteiger partial charge on any atom is -0.465 e. The van der Waals surface area contributed by atoms with Crippen molar-refractivity contribution in [2.45, 2.75) is 25.8 Å². The molecule has 0 aromatic rings. The van der Waals surface area contributed by atoms with Gasteiger partial charge in [-0.05, 0) is 26.3 Å². The largest absolute Gasteiger partial charge is 0.465 e. The Morgan fingerprint density at radius 2 is 2.31 bits per heavy atom. The third kappa shape index (κ3) is 4.91. The zero-order chi connectivity index (χ0) is 12.0. The molecule has 94 valence electrons. The van der Waals surface area contributed by atoms with E-state index >= 15 is 0 Å². The van der Waals surface area contributed by atoms with Crippen molar-refractivity contribution in [1.29, 1.82) is 0 Å². The summed E-state index contributed by atoms with van der Waals surface area (Å²) in [6, 6.07) is 0.178. The van der Waals surface area contributed by atoms with Gasteiger partial charge in [0.2, 0.25) is 10.0 Å². The Kier molecular flexibility index (Phi) is 5.17. The lowest BCUT2D eigenvalue weighted by atomic mass is 10.2. The van der Waals surface area contributed by atoms with Gasteiger partial charge in [0.1, 0.15) is 0 Å². The van der Waals surface area contributed by atoms with E-state index in [1.807, 2.05) is 0 Å². The molecule has 0 aliphatic carbocycles. The molecule has 0 bridgehead atoms. The van der Waals surface area contributed by atoms with Crippen LogP contribution < -0.4 is 10.0 Å². The summed E-state index contributed by atoms with van der Waals surface area (Å²) in [5.74, 6) is -1.32. The van der Waals surface area contributed by atoms with E-state index in [0.29, 0.717) is 6.54 Å². The third-order valence-electron chi connectivity index (χ3n) is 2.33. The van der Waals surface area contributed by atoms with Crippen LogP contribution in [0.25, 0.3) is 0 Å². The first kappa shape index (κ1) is 13.4. The second-order valence-corrected chi connectivity index (χ2v) is 5.51. The molecular weight excluding hydrogens is 232 g/mol. The SMILES string of the molecule is CCOC(=O)CS(=O)(=O)NCC1CCCN1. The molecular formula is C9H18N2O4S. The lowest BCUT2D eigenvalue weighted by Crippen LogP contribution is -2.39. The lowest BCUT2D eigenvalue weighted by molar-refractivity contribution is -0.139. The molecule has 0 radical (unpaired) electrons. The molecule has 16 heavy (non-hydrogen) atoms. The number of carbonyl (C=O) groups excluding carboxylic acids is 1. The highest BCUT2D eigenvalue weighted by molar-refractivity contribution is 7.90. The van der Waals surface area contributed by atoms with E-state index in [1.165, 1.54) is 0 Å². The predicted molar refractivity (Wildman–Crippen MR) is 59.4 cm³/mol. The van der Waals surface area contributed by atoms with Crippen molar-refractivity contribution in [2.24, 2.45) is 0 Å². The molecule has 7 heteroatoms. The van der Waals surface area contributed by atoms with Gasteiger partial charge in [0.05, 0.1) is 6.61 Å². The molecule has 0 aromatic heterocycles. The number of hydrogen-bond donors (Lipinski definition) is 2. The van der Waals surface area contributed by atoms with Crippen LogP contribution in [0.15, 0.2) is 0 Å². The highest BCUT2D eigenvalue weighted by atomic mass is 32.2. The smallest absolute Gasteiger partial charge is 0.322 e. The Morgan fingerprint density at radius 3 is 2.88 bits per heavy atom. The van der Waals surface area contributed by atoms with Crippen molar-refractivity contribution in [3.8, 4) is 0 Å². The van der Waals surface area contributed by atoms with Crippen LogP contribution in [0.1, 0.15) is 19.8 Å². The maximum atomic E-state index is 11.4. The predicted octanol–water partition coefficient (Wildman–Crippen LogP) is -0.779. The fourth-order valence-electron chi connectivity index (χ4n) is 1.57. The van der Waals surface area contributed by atoms with E-state index in [9.17, 15) is 13.2 Å². The maximum absolute atomic E-state index is 11.4. The topological polar surface area (TPSA) is 84.5 Å². The van der Waals surface area contributed by atoms with Crippen LogP contribution in [0, 0.1) is 0 Å². The number of sulfonamides is 1. The molecule has 1 fully saturated rings. The summed E-state index contributed by atoms with van der Waals surface area (Å²) in [5.41, 5.74) is 0. The first-order valence-electron chi connectivity index (χ1n) is 5.40. The molecule has 0 aromatic carbocycles. The Morgan fingerprint density at radius 1 is 1.56 bits per heavy atom. The standard InChI is InChI=1S/C9H18N2O4S/c1-2-15-9(12)7-16(13,14)11-6-8-4-3-5-10-8/h8,10-11H,2-7H2,1H3. The number of rotatable bonds is 6. The molecule has 6 nitrogen and oxygen atoms in total. The Hall–Kier alpha value is -0.660. The quantitative estimate of drug-likeness (QED) is 0.604. The van der Waals surface area contributed by atoms with Gasteiger partial charge in [-0.3, -0.25) is 4.79 Å². The summed E-state index contributed by atoms with van der Waals surface area (Å²) in [7, 11) is -3.56. The maximum Gasteiger partial charge on any atom is 0.322 e. The number of esters is 1. The number of nitrogens with one attached hydrogen (secondary N) is 2. The van der Waals surface area contributed by atoms with Gasteiger partial charge in [0.25, 0.3) is 0 Å². The monoisotopic (exact) mass is 250 g/mol. The van der Waals surface area contributed by atoms with Crippen LogP contribution in [-0.2, 0) is 19.6 Å². The average molecular weight is 250 g/mol. The van der Waals surface area contributed by atoms with E-state index in [4.69, 9.17) is 0 Å². The molecule has 1 saturated heterocycles. The summed E-state index contributed by atoms with van der Waals surface area (Å²) in [6.45, 7) is 3.09. The van der Waals surface area contributed by atoms with Crippen molar-refractivity contribution in [3.05, 3.63) is 0 Å². The zero-order valence-electron chi connectivity index (χ0n) is 9.36. The van der Waals surface area contributed by atoms with Crippen LogP contribution in [0.4, 0.5) is 0 Å². The normalized spacial score (nSPS) is 20.9. The van der Waals surface area contributed by atoms with Gasteiger partial charge in [0.15, 0.2) is 5.75 Å². The van der Waals surface area contributed by atoms with Crippen molar-refractivity contribution < 1.29 is 17.9 Å². The van der Waals surface area contributed by atoms with Crippen LogP contribution in [0.5, 0.6) is 0 Å². The van der Waals surface area contributed by atoms with Gasteiger partial charge >= 0.3 is 5.97 Å². The summed E-state index contributed by atoms with van der Waals surface area (Å²) >= 11 is 0. The lowest BCUT2D eigenvalue weighted by Gasteiger charge is -2.11. The van der Waals surface area contributed by atoms with E-state index in [-0.39, 0.29) is 12.6 Å². The van der Waals surface area contributed by atoms with Gasteiger partial charge in [-0.2, -0.15) is 0 Å². The second kappa shape index (κ2) is 6.17. The van der Waals surface area contributed by atoms with Gasteiger partial charge < -0.3 is 10.1 Å². The highest BCUT2D eigenvalue weighted by Gasteiger charge is 2.20. The van der Waals surface area contributed by atoms with E-state index < -0.39 is 21.7 Å². The van der Waals surface area contributed by atoms with Crippen molar-refractivity contribution in [2.75, 3.05) is 25.4 Å². The minimum atomic E-state index is -3.56. The molecule has 1 aliphatic rings. The highest BCUT2D eigenvalue weighted by Crippen LogP contribution is 2.03. The molecule has 1 atom stereocenters. The average Bonchev–Trinajstić information content (AvgIpc) is 2.66. The molecule has 1 aliphatic heterocycles. The minimum absolute atomic E-state index is 0.178. The fraction of sp³-hybridized carbons (Fsp3) is 0.889. The molecule has 1 rings (SSSR count). The summed E-state index contributed by atoms with van der Waals surface area (Å²) < 4.78 is 29.8. The van der Waals surface area contributed by atoms with E-state index in [0.717, 1.165) is 19.4 Å². The van der Waals surface area contributed by atoms with Crippen molar-refractivity contribution in [3.63, 3.8) is 0 Å². The van der Waals surface area contributed by atoms with Crippen LogP contribution in [-0.4, -0.2) is 45.9 Å². The number of carbonyl (C=O) groups is 1. The summed E-state index contributed by atoms with van der Waals surface area (Å²) in [6.07, 6.45) is 2.02. The van der Waals surface area contributed by atoms with Crippen molar-refractivity contribution in [1.82, 2.24) is 10.0 Å². The van der Waals surface area contributed by atoms with Crippen molar-refractivity contribution >= 4 is 16.0 Å². The van der Waals surface area contributed by atoms with Crippen LogP contribution in [0.2, 0.25) is 0 Å². The Balaban J connectivity index is 2.30. The first-order valence-corrected chi connectivity index (χ1v) is 7.05. The number of hydrogen-bond acceptors (Lipinski definition) is 5. The van der Waals surface area contributed by atoms with Gasteiger partial charge in [0, 0.05) is 12.6 Å². The molecule has 0 amide bonds. The molecule has 0 saturated carbocycles. The zero-order valence-corrected chi connectivity index (χ0v) is 10.2. The Bertz CT molecular complexity index is 322. The van der Waals surface area contributed by atoms with Gasteiger partial charge in [-0.25, -0.2) is 13.1 Å². The molecule has 2 N–H and O–H groups in total. The Labute approximate surface area is 95.8 Å². The second-order valence-electron chi connectivity index (χ2n) is 3.71.